The molecule has 0 aromatic heterocycles. The zero-order valence-electron chi connectivity index (χ0n) is 14.7. The Morgan fingerprint density at radius 1 is 1.19 bits per heavy atom. The van der Waals surface area contributed by atoms with Gasteiger partial charge in [0.2, 0.25) is 5.91 Å². The van der Waals surface area contributed by atoms with Crippen LogP contribution >= 0.6 is 11.8 Å². The molecule has 27 heavy (non-hydrogen) atoms. The van der Waals surface area contributed by atoms with Gasteiger partial charge in [0, 0.05) is 11.8 Å². The number of carbonyl (C=O) groups excluding carboxylic acids is 2. The lowest BCUT2D eigenvalue weighted by atomic mass is 10.2. The van der Waals surface area contributed by atoms with E-state index in [0.717, 1.165) is 12.1 Å². The highest BCUT2D eigenvalue weighted by molar-refractivity contribution is 8.00. The van der Waals surface area contributed by atoms with Gasteiger partial charge in [-0.2, -0.15) is 13.2 Å². The molecule has 0 aliphatic heterocycles. The van der Waals surface area contributed by atoms with Crippen LogP contribution in [0.1, 0.15) is 27.2 Å². The Morgan fingerprint density at radius 2 is 1.81 bits per heavy atom. The zero-order chi connectivity index (χ0) is 20.8. The first kappa shape index (κ1) is 23.0. The first-order chi connectivity index (χ1) is 12.3. The third-order valence-electron chi connectivity index (χ3n) is 2.87. The minimum absolute atomic E-state index is 0.365. The summed E-state index contributed by atoms with van der Waals surface area (Å²) in [5.74, 6) is -3.42. The van der Waals surface area contributed by atoms with Crippen molar-refractivity contribution in [2.75, 3.05) is 11.1 Å². The third-order valence-corrected chi connectivity index (χ3v) is 3.64. The van der Waals surface area contributed by atoms with E-state index in [2.05, 4.69) is 10.6 Å². The summed E-state index contributed by atoms with van der Waals surface area (Å²) in [7, 11) is 0. The van der Waals surface area contributed by atoms with Gasteiger partial charge >= 0.3 is 11.6 Å². The van der Waals surface area contributed by atoms with E-state index in [-0.39, 0.29) is 17.4 Å². The predicted octanol–water partition coefficient (Wildman–Crippen LogP) is 4.44. The van der Waals surface area contributed by atoms with Crippen molar-refractivity contribution >= 4 is 29.4 Å². The van der Waals surface area contributed by atoms with Crippen molar-refractivity contribution < 1.29 is 36.3 Å². The maximum atomic E-state index is 13.6. The van der Waals surface area contributed by atoms with Crippen LogP contribution in [-0.2, 0) is 9.53 Å². The number of amides is 2. The van der Waals surface area contributed by atoms with Crippen LogP contribution in [0.5, 0.6) is 0 Å². The lowest BCUT2D eigenvalue weighted by molar-refractivity contribution is -0.118. The molecular formula is C16H19F5N2O3S. The van der Waals surface area contributed by atoms with Crippen LogP contribution in [0.3, 0.4) is 0 Å². The number of anilines is 1. The van der Waals surface area contributed by atoms with Crippen LogP contribution in [0.2, 0.25) is 0 Å². The average molecular weight is 414 g/mol. The molecule has 5 nitrogen and oxygen atoms in total. The number of nitrogens with one attached hydrogen (secondary N) is 2. The molecule has 1 rings (SSSR count). The summed E-state index contributed by atoms with van der Waals surface area (Å²) in [6, 6.07) is 0.969. The number of alkyl halides is 3. The Bertz CT molecular complexity index is 677. The minimum Gasteiger partial charge on any atom is -0.444 e. The molecule has 0 saturated heterocycles. The fourth-order valence-electron chi connectivity index (χ4n) is 1.82. The Balaban J connectivity index is 2.84. The normalized spacial score (nSPS) is 13.0. The van der Waals surface area contributed by atoms with Gasteiger partial charge in [-0.25, -0.2) is 13.6 Å². The maximum absolute atomic E-state index is 13.6. The topological polar surface area (TPSA) is 67.4 Å². The molecule has 0 fully saturated rings. The largest absolute Gasteiger partial charge is 0.444 e. The van der Waals surface area contributed by atoms with E-state index < -0.39 is 53.0 Å². The summed E-state index contributed by atoms with van der Waals surface area (Å²) in [6.45, 7) is 4.69. The number of alkyl carbamates (subject to hydrolysis) is 1. The van der Waals surface area contributed by atoms with E-state index >= 15 is 0 Å². The van der Waals surface area contributed by atoms with Gasteiger partial charge in [0.05, 0.1) is 5.69 Å². The van der Waals surface area contributed by atoms with Gasteiger partial charge in [0.25, 0.3) is 0 Å². The number of carbonyl (C=O) groups is 2. The van der Waals surface area contributed by atoms with Gasteiger partial charge in [0.15, 0.2) is 0 Å². The third kappa shape index (κ3) is 9.45. The Kier molecular flexibility index (Phi) is 7.88. The molecule has 1 aromatic rings. The van der Waals surface area contributed by atoms with Crippen molar-refractivity contribution in [3.8, 4) is 0 Å². The highest BCUT2D eigenvalue weighted by Gasteiger charge is 2.30. The van der Waals surface area contributed by atoms with E-state index in [1.165, 1.54) is 0 Å². The van der Waals surface area contributed by atoms with Crippen LogP contribution in [0.25, 0.3) is 0 Å². The van der Waals surface area contributed by atoms with E-state index in [4.69, 9.17) is 4.74 Å². The van der Waals surface area contributed by atoms with Crippen LogP contribution < -0.4 is 10.6 Å². The Morgan fingerprint density at radius 3 is 2.33 bits per heavy atom. The second kappa shape index (κ2) is 9.25. The zero-order valence-corrected chi connectivity index (χ0v) is 15.6. The molecule has 11 heteroatoms. The number of rotatable bonds is 6. The molecule has 1 atom stereocenters. The molecule has 0 bridgehead atoms. The SMILES string of the molecule is CC(C)(C)OC(=O)NC(CCSC(F)(F)F)C(=O)Nc1ccc(F)cc1F. The predicted molar refractivity (Wildman–Crippen MR) is 91.3 cm³/mol. The van der Waals surface area contributed by atoms with Gasteiger partial charge in [-0.15, -0.1) is 0 Å². The maximum Gasteiger partial charge on any atom is 0.441 e. The van der Waals surface area contributed by atoms with Crippen molar-refractivity contribution in [3.63, 3.8) is 0 Å². The molecule has 2 N–H and O–H groups in total. The van der Waals surface area contributed by atoms with Crippen LogP contribution in [0.15, 0.2) is 18.2 Å². The number of ether oxygens (including phenoxy) is 1. The van der Waals surface area contributed by atoms with E-state index in [1.54, 1.807) is 20.8 Å². The van der Waals surface area contributed by atoms with Gasteiger partial charge in [-0.3, -0.25) is 4.79 Å². The molecule has 0 saturated carbocycles. The van der Waals surface area contributed by atoms with Gasteiger partial charge in [0.1, 0.15) is 23.3 Å². The fraction of sp³-hybridized carbons (Fsp3) is 0.500. The van der Waals surface area contributed by atoms with E-state index in [0.29, 0.717) is 6.07 Å². The number of thioether (sulfide) groups is 1. The monoisotopic (exact) mass is 414 g/mol. The lowest BCUT2D eigenvalue weighted by Gasteiger charge is -2.23. The first-order valence-corrected chi connectivity index (χ1v) is 8.71. The second-order valence-electron chi connectivity index (χ2n) is 6.40. The Hall–Kier alpha value is -2.04. The highest BCUT2D eigenvalue weighted by atomic mass is 32.2. The van der Waals surface area contributed by atoms with Gasteiger partial charge in [-0.05, 0) is 39.3 Å². The molecule has 0 radical (unpaired) electrons. The highest BCUT2D eigenvalue weighted by Crippen LogP contribution is 2.30. The van der Waals surface area contributed by atoms with Crippen molar-refractivity contribution in [1.82, 2.24) is 5.32 Å². The standard InChI is InChI=1S/C16H19F5N2O3S/c1-15(2,3)26-14(25)23-12(6-7-27-16(19,20)21)13(24)22-11-5-4-9(17)8-10(11)18/h4-5,8,12H,6-7H2,1-3H3,(H,22,24)(H,23,25). The molecule has 1 aromatic carbocycles. The summed E-state index contributed by atoms with van der Waals surface area (Å²) in [4.78, 5) is 24.1. The van der Waals surface area contributed by atoms with Crippen molar-refractivity contribution in [2.24, 2.45) is 0 Å². The fourth-order valence-corrected chi connectivity index (χ4v) is 2.41. The quantitative estimate of drug-likeness (QED) is 0.676. The molecule has 0 heterocycles. The number of halogens is 5. The first-order valence-electron chi connectivity index (χ1n) is 7.73. The number of hydrogen-bond donors (Lipinski definition) is 2. The molecule has 1 unspecified atom stereocenters. The van der Waals surface area contributed by atoms with Crippen molar-refractivity contribution in [3.05, 3.63) is 29.8 Å². The van der Waals surface area contributed by atoms with Crippen LogP contribution in [0, 0.1) is 11.6 Å². The average Bonchev–Trinajstić information content (AvgIpc) is 2.45. The van der Waals surface area contributed by atoms with E-state index in [1.807, 2.05) is 0 Å². The number of benzene rings is 1. The second-order valence-corrected chi connectivity index (χ2v) is 7.55. The number of hydrogen-bond acceptors (Lipinski definition) is 4. The van der Waals surface area contributed by atoms with Gasteiger partial charge in [-0.1, -0.05) is 11.8 Å². The Labute approximate surface area is 157 Å². The summed E-state index contributed by atoms with van der Waals surface area (Å²) in [6.07, 6.45) is -1.41. The summed E-state index contributed by atoms with van der Waals surface area (Å²) < 4.78 is 68.4. The lowest BCUT2D eigenvalue weighted by Crippen LogP contribution is -2.46. The van der Waals surface area contributed by atoms with Gasteiger partial charge < -0.3 is 15.4 Å². The summed E-state index contributed by atoms with van der Waals surface area (Å²) >= 11 is -0.365. The van der Waals surface area contributed by atoms with Crippen LogP contribution in [-0.4, -0.2) is 34.9 Å². The molecule has 0 aliphatic carbocycles. The molecular weight excluding hydrogens is 395 g/mol. The van der Waals surface area contributed by atoms with Crippen LogP contribution in [0.4, 0.5) is 32.4 Å². The van der Waals surface area contributed by atoms with Crippen molar-refractivity contribution in [1.29, 1.82) is 0 Å². The smallest absolute Gasteiger partial charge is 0.441 e. The molecule has 0 spiro atoms. The minimum atomic E-state index is -4.50. The van der Waals surface area contributed by atoms with Crippen molar-refractivity contribution in [2.45, 2.75) is 44.3 Å². The molecule has 152 valence electrons. The summed E-state index contributed by atoms with van der Waals surface area (Å²) in [5, 5.41) is 4.27. The molecule has 0 aliphatic rings. The molecule has 2 amide bonds. The van der Waals surface area contributed by atoms with E-state index in [9.17, 15) is 31.5 Å². The summed E-state index contributed by atoms with van der Waals surface area (Å²) in [5.41, 5.74) is -5.77.